The van der Waals surface area contributed by atoms with E-state index >= 15 is 0 Å². The van der Waals surface area contributed by atoms with Crippen molar-refractivity contribution in [1.82, 2.24) is 5.32 Å². The Morgan fingerprint density at radius 1 is 1.10 bits per heavy atom. The zero-order valence-corrected chi connectivity index (χ0v) is 11.6. The Morgan fingerprint density at radius 2 is 1.85 bits per heavy atom. The van der Waals surface area contributed by atoms with Crippen LogP contribution >= 0.6 is 12.6 Å². The van der Waals surface area contributed by atoms with Crippen molar-refractivity contribution in [1.29, 1.82) is 0 Å². The lowest BCUT2D eigenvalue weighted by molar-refractivity contribution is 0.0945. The number of hydrogen-bond acceptors (Lipinski definition) is 3. The maximum Gasteiger partial charge on any atom is 0.252 e. The molecule has 3 nitrogen and oxygen atoms in total. The number of fused-ring (bicyclic) bond motifs is 1. The van der Waals surface area contributed by atoms with E-state index in [1.807, 2.05) is 42.5 Å². The second kappa shape index (κ2) is 5.43. The van der Waals surface area contributed by atoms with Crippen LogP contribution < -0.4 is 5.32 Å². The zero-order valence-electron chi connectivity index (χ0n) is 10.7. The maximum absolute atomic E-state index is 12.1. The molecule has 1 amide bonds. The summed E-state index contributed by atoms with van der Waals surface area (Å²) in [5, 5.41) is 3.87. The Labute approximate surface area is 122 Å². The van der Waals surface area contributed by atoms with Crippen LogP contribution in [0.5, 0.6) is 0 Å². The molecule has 0 atom stereocenters. The van der Waals surface area contributed by atoms with Gasteiger partial charge in [0.2, 0.25) is 0 Å². The first kappa shape index (κ1) is 12.8. The summed E-state index contributed by atoms with van der Waals surface area (Å²) in [5.74, 6) is 0.576. The highest BCUT2D eigenvalue weighted by Crippen LogP contribution is 2.19. The highest BCUT2D eigenvalue weighted by Gasteiger charge is 2.09. The standard InChI is InChI=1S/C16H13NO2S/c18-16(13-6-2-4-8-15(13)20)17-10-12-9-11-5-1-3-7-14(11)19-12/h1-9,20H,10H2,(H,17,18). The fraction of sp³-hybridized carbons (Fsp3) is 0.0625. The van der Waals surface area contributed by atoms with Crippen LogP contribution in [0.25, 0.3) is 11.0 Å². The van der Waals surface area contributed by atoms with Crippen molar-refractivity contribution in [2.75, 3.05) is 0 Å². The summed E-state index contributed by atoms with van der Waals surface area (Å²) in [7, 11) is 0. The first-order valence-corrected chi connectivity index (χ1v) is 6.72. The number of rotatable bonds is 3. The molecule has 2 aromatic carbocycles. The molecule has 4 heteroatoms. The topological polar surface area (TPSA) is 42.2 Å². The molecule has 0 saturated heterocycles. The number of hydrogen-bond donors (Lipinski definition) is 2. The van der Waals surface area contributed by atoms with E-state index in [1.54, 1.807) is 12.1 Å². The second-order valence-electron chi connectivity index (χ2n) is 4.45. The second-order valence-corrected chi connectivity index (χ2v) is 4.93. The van der Waals surface area contributed by atoms with E-state index < -0.39 is 0 Å². The Kier molecular flexibility index (Phi) is 3.48. The molecule has 3 aromatic rings. The molecule has 0 unspecified atom stereocenters. The normalized spacial score (nSPS) is 10.7. The average Bonchev–Trinajstić information content (AvgIpc) is 2.88. The van der Waals surface area contributed by atoms with Crippen molar-refractivity contribution >= 4 is 29.5 Å². The quantitative estimate of drug-likeness (QED) is 0.720. The van der Waals surface area contributed by atoms with Gasteiger partial charge in [-0.05, 0) is 24.3 Å². The van der Waals surface area contributed by atoms with Crippen molar-refractivity contribution in [3.05, 3.63) is 65.9 Å². The summed E-state index contributed by atoms with van der Waals surface area (Å²) in [6.45, 7) is 0.357. The van der Waals surface area contributed by atoms with E-state index in [2.05, 4.69) is 17.9 Å². The van der Waals surface area contributed by atoms with Gasteiger partial charge in [-0.2, -0.15) is 0 Å². The van der Waals surface area contributed by atoms with Crippen molar-refractivity contribution in [3.63, 3.8) is 0 Å². The highest BCUT2D eigenvalue weighted by atomic mass is 32.1. The van der Waals surface area contributed by atoms with Crippen LogP contribution in [-0.2, 0) is 6.54 Å². The van der Waals surface area contributed by atoms with Gasteiger partial charge in [-0.25, -0.2) is 0 Å². The average molecular weight is 283 g/mol. The molecule has 0 spiro atoms. The van der Waals surface area contributed by atoms with Gasteiger partial charge in [0.15, 0.2) is 0 Å². The van der Waals surface area contributed by atoms with Gasteiger partial charge in [0.05, 0.1) is 12.1 Å². The van der Waals surface area contributed by atoms with Gasteiger partial charge < -0.3 is 9.73 Å². The number of nitrogens with one attached hydrogen (secondary N) is 1. The lowest BCUT2D eigenvalue weighted by atomic mass is 10.2. The predicted molar refractivity (Wildman–Crippen MR) is 81.1 cm³/mol. The SMILES string of the molecule is O=C(NCc1cc2ccccc2o1)c1ccccc1S. The Balaban J connectivity index is 1.73. The number of carbonyl (C=O) groups excluding carboxylic acids is 1. The number of para-hydroxylation sites is 1. The third-order valence-electron chi connectivity index (χ3n) is 3.05. The molecule has 0 aliphatic heterocycles. The van der Waals surface area contributed by atoms with Crippen LogP contribution in [0, 0.1) is 0 Å². The van der Waals surface area contributed by atoms with Crippen molar-refractivity contribution in [2.45, 2.75) is 11.4 Å². The van der Waals surface area contributed by atoms with Crippen LogP contribution in [0.1, 0.15) is 16.1 Å². The van der Waals surface area contributed by atoms with Crippen LogP contribution in [-0.4, -0.2) is 5.91 Å². The minimum Gasteiger partial charge on any atom is -0.459 e. The molecular formula is C16H13NO2S. The van der Waals surface area contributed by atoms with E-state index in [1.165, 1.54) is 0 Å². The monoisotopic (exact) mass is 283 g/mol. The van der Waals surface area contributed by atoms with Gasteiger partial charge >= 0.3 is 0 Å². The predicted octanol–water partition coefficient (Wildman–Crippen LogP) is 3.65. The Hall–Kier alpha value is -2.20. The lowest BCUT2D eigenvalue weighted by Gasteiger charge is -2.05. The third-order valence-corrected chi connectivity index (χ3v) is 3.44. The van der Waals surface area contributed by atoms with Crippen LogP contribution in [0.4, 0.5) is 0 Å². The highest BCUT2D eigenvalue weighted by molar-refractivity contribution is 7.80. The van der Waals surface area contributed by atoms with Gasteiger partial charge in [-0.1, -0.05) is 30.3 Å². The number of benzene rings is 2. The fourth-order valence-corrected chi connectivity index (χ4v) is 2.31. The van der Waals surface area contributed by atoms with Crippen molar-refractivity contribution in [2.24, 2.45) is 0 Å². The summed E-state index contributed by atoms with van der Waals surface area (Å²) in [6.07, 6.45) is 0. The number of furan rings is 1. The smallest absolute Gasteiger partial charge is 0.252 e. The molecule has 0 aliphatic rings. The van der Waals surface area contributed by atoms with Crippen LogP contribution in [0.3, 0.4) is 0 Å². The molecule has 1 aromatic heterocycles. The summed E-state index contributed by atoms with van der Waals surface area (Å²) in [4.78, 5) is 12.7. The maximum atomic E-state index is 12.1. The van der Waals surface area contributed by atoms with Gasteiger partial charge in [0.25, 0.3) is 5.91 Å². The number of amides is 1. The first-order valence-electron chi connectivity index (χ1n) is 6.28. The van der Waals surface area contributed by atoms with E-state index in [0.29, 0.717) is 17.0 Å². The first-order chi connectivity index (χ1) is 9.74. The number of carbonyl (C=O) groups is 1. The van der Waals surface area contributed by atoms with Gasteiger partial charge in [0.1, 0.15) is 11.3 Å². The van der Waals surface area contributed by atoms with E-state index in [0.717, 1.165) is 16.7 Å². The van der Waals surface area contributed by atoms with Crippen molar-refractivity contribution in [3.8, 4) is 0 Å². The van der Waals surface area contributed by atoms with E-state index in [9.17, 15) is 4.79 Å². The molecule has 0 fully saturated rings. The lowest BCUT2D eigenvalue weighted by Crippen LogP contribution is -2.22. The fourth-order valence-electron chi connectivity index (χ4n) is 2.05. The van der Waals surface area contributed by atoms with Gasteiger partial charge in [-0.15, -0.1) is 12.6 Å². The third kappa shape index (κ3) is 2.56. The van der Waals surface area contributed by atoms with Crippen molar-refractivity contribution < 1.29 is 9.21 Å². The number of thiol groups is 1. The Bertz CT molecular complexity index is 731. The molecule has 20 heavy (non-hydrogen) atoms. The molecule has 0 saturated carbocycles. The van der Waals surface area contributed by atoms with Gasteiger partial charge in [-0.3, -0.25) is 4.79 Å². The summed E-state index contributed by atoms with van der Waals surface area (Å²) in [5.41, 5.74) is 1.39. The van der Waals surface area contributed by atoms with E-state index in [-0.39, 0.29) is 5.91 Å². The van der Waals surface area contributed by atoms with Gasteiger partial charge in [0, 0.05) is 10.3 Å². The molecule has 1 heterocycles. The van der Waals surface area contributed by atoms with Crippen LogP contribution in [0.15, 0.2) is 63.9 Å². The molecule has 0 radical (unpaired) electrons. The van der Waals surface area contributed by atoms with Crippen LogP contribution in [0.2, 0.25) is 0 Å². The molecular weight excluding hydrogens is 270 g/mol. The minimum atomic E-state index is -0.156. The zero-order chi connectivity index (χ0) is 13.9. The molecule has 0 bridgehead atoms. The molecule has 3 rings (SSSR count). The molecule has 0 aliphatic carbocycles. The minimum absolute atomic E-state index is 0.156. The summed E-state index contributed by atoms with van der Waals surface area (Å²) >= 11 is 4.27. The largest absolute Gasteiger partial charge is 0.459 e. The summed E-state index contributed by atoms with van der Waals surface area (Å²) in [6, 6.07) is 16.9. The molecule has 100 valence electrons. The summed E-state index contributed by atoms with van der Waals surface area (Å²) < 4.78 is 5.65. The molecule has 1 N–H and O–H groups in total. The Morgan fingerprint density at radius 3 is 2.65 bits per heavy atom. The van der Waals surface area contributed by atoms with E-state index in [4.69, 9.17) is 4.42 Å².